The molecule has 0 aliphatic rings. The van der Waals surface area contributed by atoms with Crippen molar-refractivity contribution >= 4 is 11.6 Å². The van der Waals surface area contributed by atoms with Gasteiger partial charge in [-0.1, -0.05) is 38.5 Å². The summed E-state index contributed by atoms with van der Waals surface area (Å²) in [6.45, 7) is 6.17. The van der Waals surface area contributed by atoms with Crippen LogP contribution in [-0.2, 0) is 4.79 Å². The molecule has 1 aromatic rings. The van der Waals surface area contributed by atoms with Crippen molar-refractivity contribution in [1.82, 2.24) is 5.43 Å². The second-order valence-corrected chi connectivity index (χ2v) is 4.21. The molecule has 88 valence electrons. The number of anilines is 1. The molecule has 0 fully saturated rings. The predicted molar refractivity (Wildman–Crippen MR) is 67.0 cm³/mol. The Labute approximate surface area is 97.2 Å². The summed E-state index contributed by atoms with van der Waals surface area (Å²) in [4.78, 5) is 11.5. The molecule has 0 radical (unpaired) electrons. The zero-order chi connectivity index (χ0) is 12.0. The lowest BCUT2D eigenvalue weighted by Crippen LogP contribution is -2.30. The Morgan fingerprint density at radius 1 is 1.38 bits per heavy atom. The highest BCUT2D eigenvalue weighted by Gasteiger charge is 2.06. The molecule has 0 spiro atoms. The van der Waals surface area contributed by atoms with E-state index in [-0.39, 0.29) is 5.91 Å². The summed E-state index contributed by atoms with van der Waals surface area (Å²) in [5.74, 6) is 0.469. The van der Waals surface area contributed by atoms with Gasteiger partial charge in [0.25, 0.3) is 0 Å². The third-order valence-corrected chi connectivity index (χ3v) is 2.71. The van der Waals surface area contributed by atoms with Crippen molar-refractivity contribution in [3.05, 3.63) is 29.8 Å². The Hall–Kier alpha value is -1.51. The van der Waals surface area contributed by atoms with Gasteiger partial charge in [0.2, 0.25) is 5.91 Å². The van der Waals surface area contributed by atoms with Crippen molar-refractivity contribution in [2.24, 2.45) is 5.92 Å². The van der Waals surface area contributed by atoms with Crippen LogP contribution in [0.2, 0.25) is 0 Å². The van der Waals surface area contributed by atoms with Gasteiger partial charge in [0.1, 0.15) is 0 Å². The number of aryl methyl sites for hydroxylation is 1. The summed E-state index contributed by atoms with van der Waals surface area (Å²) in [5.41, 5.74) is 7.72. The second-order valence-electron chi connectivity index (χ2n) is 4.21. The molecule has 3 heteroatoms. The van der Waals surface area contributed by atoms with Gasteiger partial charge in [-0.2, -0.15) is 0 Å². The van der Waals surface area contributed by atoms with Crippen LogP contribution in [0.3, 0.4) is 0 Å². The van der Waals surface area contributed by atoms with E-state index in [0.717, 1.165) is 17.7 Å². The van der Waals surface area contributed by atoms with E-state index in [1.807, 2.05) is 31.2 Å². The van der Waals surface area contributed by atoms with Gasteiger partial charge in [0.15, 0.2) is 0 Å². The van der Waals surface area contributed by atoms with E-state index in [9.17, 15) is 4.79 Å². The maximum absolute atomic E-state index is 11.5. The molecule has 0 aromatic heterocycles. The van der Waals surface area contributed by atoms with Crippen LogP contribution >= 0.6 is 0 Å². The summed E-state index contributed by atoms with van der Waals surface area (Å²) in [7, 11) is 0. The number of carbonyl (C=O) groups excluding carboxylic acids is 1. The molecule has 2 N–H and O–H groups in total. The smallest absolute Gasteiger partial charge is 0.238 e. The Morgan fingerprint density at radius 2 is 2.06 bits per heavy atom. The van der Waals surface area contributed by atoms with Crippen LogP contribution in [0.5, 0.6) is 0 Å². The number of hydrazine groups is 1. The lowest BCUT2D eigenvalue weighted by molar-refractivity contribution is -0.121. The maximum atomic E-state index is 11.5. The summed E-state index contributed by atoms with van der Waals surface area (Å²) in [6.07, 6.45) is 1.59. The number of nitrogens with one attached hydrogen (secondary N) is 2. The monoisotopic (exact) mass is 220 g/mol. The Bertz CT molecular complexity index is 350. The third kappa shape index (κ3) is 3.93. The van der Waals surface area contributed by atoms with E-state index >= 15 is 0 Å². The van der Waals surface area contributed by atoms with Gasteiger partial charge >= 0.3 is 0 Å². The minimum atomic E-state index is 0.0394. The van der Waals surface area contributed by atoms with Gasteiger partial charge in [-0.25, -0.2) is 0 Å². The average molecular weight is 220 g/mol. The molecule has 1 atom stereocenters. The molecule has 1 rings (SSSR count). The first kappa shape index (κ1) is 12.6. The molecule has 0 aliphatic carbocycles. The Morgan fingerprint density at radius 3 is 2.69 bits per heavy atom. The Kier molecular flexibility index (Phi) is 4.83. The molecule has 3 nitrogen and oxygen atoms in total. The highest BCUT2D eigenvalue weighted by molar-refractivity contribution is 5.77. The largest absolute Gasteiger partial charge is 0.298 e. The van der Waals surface area contributed by atoms with E-state index in [2.05, 4.69) is 24.7 Å². The molecular formula is C13H20N2O. The maximum Gasteiger partial charge on any atom is 0.238 e. The second kappa shape index (κ2) is 6.16. The first-order chi connectivity index (χ1) is 7.63. The van der Waals surface area contributed by atoms with Crippen molar-refractivity contribution in [3.63, 3.8) is 0 Å². The third-order valence-electron chi connectivity index (χ3n) is 2.71. The molecule has 16 heavy (non-hydrogen) atoms. The van der Waals surface area contributed by atoms with E-state index in [1.54, 1.807) is 0 Å². The average Bonchev–Trinajstić information content (AvgIpc) is 2.28. The minimum absolute atomic E-state index is 0.0394. The van der Waals surface area contributed by atoms with Gasteiger partial charge < -0.3 is 0 Å². The standard InChI is InChI=1S/C13H20N2O/c1-4-10(2)9-13(16)15-14-12-8-6-5-7-11(12)3/h5-8,10,14H,4,9H2,1-3H3,(H,15,16). The van der Waals surface area contributed by atoms with E-state index in [4.69, 9.17) is 0 Å². The number of amides is 1. The molecule has 0 saturated heterocycles. The highest BCUT2D eigenvalue weighted by Crippen LogP contribution is 2.12. The fraction of sp³-hybridized carbons (Fsp3) is 0.462. The zero-order valence-electron chi connectivity index (χ0n) is 10.2. The van der Waals surface area contributed by atoms with Crippen LogP contribution in [0, 0.1) is 12.8 Å². The molecular weight excluding hydrogens is 200 g/mol. The van der Waals surface area contributed by atoms with Crippen LogP contribution in [0.4, 0.5) is 5.69 Å². The summed E-state index contributed by atoms with van der Waals surface area (Å²) < 4.78 is 0. The van der Waals surface area contributed by atoms with Crippen molar-refractivity contribution in [1.29, 1.82) is 0 Å². The lowest BCUT2D eigenvalue weighted by Gasteiger charge is -2.12. The molecule has 0 heterocycles. The first-order valence-corrected chi connectivity index (χ1v) is 5.74. The SMILES string of the molecule is CCC(C)CC(=O)NNc1ccccc1C. The summed E-state index contributed by atoms with van der Waals surface area (Å²) >= 11 is 0. The summed E-state index contributed by atoms with van der Waals surface area (Å²) in [5, 5.41) is 0. The van der Waals surface area contributed by atoms with Crippen LogP contribution in [0.1, 0.15) is 32.3 Å². The topological polar surface area (TPSA) is 41.1 Å². The van der Waals surface area contributed by atoms with Crippen molar-refractivity contribution in [3.8, 4) is 0 Å². The van der Waals surface area contributed by atoms with E-state index in [0.29, 0.717) is 12.3 Å². The molecule has 0 saturated carbocycles. The molecule has 1 amide bonds. The van der Waals surface area contributed by atoms with Crippen LogP contribution in [0.25, 0.3) is 0 Å². The van der Waals surface area contributed by atoms with E-state index < -0.39 is 0 Å². The molecule has 1 unspecified atom stereocenters. The predicted octanol–water partition coefficient (Wildman–Crippen LogP) is 2.87. The van der Waals surface area contributed by atoms with Gasteiger partial charge in [-0.15, -0.1) is 0 Å². The number of hydrogen-bond donors (Lipinski definition) is 2. The van der Waals surface area contributed by atoms with Gasteiger partial charge in [-0.05, 0) is 24.5 Å². The van der Waals surface area contributed by atoms with Gasteiger partial charge in [0.05, 0.1) is 5.69 Å². The van der Waals surface area contributed by atoms with Crippen molar-refractivity contribution in [2.75, 3.05) is 5.43 Å². The molecule has 0 bridgehead atoms. The lowest BCUT2D eigenvalue weighted by atomic mass is 10.1. The van der Waals surface area contributed by atoms with Crippen molar-refractivity contribution < 1.29 is 4.79 Å². The van der Waals surface area contributed by atoms with Crippen molar-refractivity contribution in [2.45, 2.75) is 33.6 Å². The highest BCUT2D eigenvalue weighted by atomic mass is 16.2. The fourth-order valence-electron chi connectivity index (χ4n) is 1.36. The number of hydrogen-bond acceptors (Lipinski definition) is 2. The normalized spacial score (nSPS) is 11.9. The van der Waals surface area contributed by atoms with Crippen LogP contribution in [0.15, 0.2) is 24.3 Å². The molecule has 0 aliphatic heterocycles. The summed E-state index contributed by atoms with van der Waals surface area (Å²) in [6, 6.07) is 7.86. The van der Waals surface area contributed by atoms with Gasteiger partial charge in [-0.3, -0.25) is 15.6 Å². The number of rotatable bonds is 5. The zero-order valence-corrected chi connectivity index (χ0v) is 10.2. The van der Waals surface area contributed by atoms with Crippen LogP contribution in [-0.4, -0.2) is 5.91 Å². The number of carbonyl (C=O) groups is 1. The van der Waals surface area contributed by atoms with Gasteiger partial charge in [0, 0.05) is 6.42 Å². The number of para-hydroxylation sites is 1. The minimum Gasteiger partial charge on any atom is -0.298 e. The Balaban J connectivity index is 2.40. The number of benzene rings is 1. The quantitative estimate of drug-likeness (QED) is 0.749. The first-order valence-electron chi connectivity index (χ1n) is 5.74. The van der Waals surface area contributed by atoms with E-state index in [1.165, 1.54) is 0 Å². The molecule has 1 aromatic carbocycles. The van der Waals surface area contributed by atoms with Crippen LogP contribution < -0.4 is 10.9 Å². The fourth-order valence-corrected chi connectivity index (χ4v) is 1.36.